The van der Waals surface area contributed by atoms with Gasteiger partial charge >= 0.3 is 0 Å². The molecule has 0 bridgehead atoms. The molecule has 0 unspecified atom stereocenters. The van der Waals surface area contributed by atoms with Gasteiger partial charge < -0.3 is 27.4 Å². The second-order valence-electron chi connectivity index (χ2n) is 10.7. The molecule has 0 spiro atoms. The smallest absolute Gasteiger partial charge is 0.244 e. The van der Waals surface area contributed by atoms with Crippen LogP contribution >= 0.6 is 0 Å². The molecule has 0 aliphatic heterocycles. The molecule has 0 aromatic rings. The van der Waals surface area contributed by atoms with Crippen LogP contribution < -0.4 is 32.9 Å². The Hall–Kier alpha value is -2.73. The molecule has 12 nitrogen and oxygen atoms in total. The van der Waals surface area contributed by atoms with Gasteiger partial charge in [0.05, 0.1) is 0 Å². The minimum atomic E-state index is -0.974. The largest absolute Gasteiger partial charge is 0.368 e. The van der Waals surface area contributed by atoms with Gasteiger partial charge in [0.25, 0.3) is 0 Å². The molecule has 0 aliphatic rings. The summed E-state index contributed by atoms with van der Waals surface area (Å²) in [6, 6.07) is -2.81. The zero-order valence-electron chi connectivity index (χ0n) is 23.1. The number of hydrogen-bond donors (Lipinski definition) is 7. The van der Waals surface area contributed by atoms with Crippen LogP contribution in [0.3, 0.4) is 0 Å². The molecule has 0 aliphatic carbocycles. The quantitative estimate of drug-likeness (QED) is 0.0752. The van der Waals surface area contributed by atoms with Gasteiger partial charge in [-0.2, -0.15) is 0 Å². The summed E-state index contributed by atoms with van der Waals surface area (Å²) < 4.78 is 0. The van der Waals surface area contributed by atoms with E-state index in [1.54, 1.807) is 13.8 Å². The molecule has 9 N–H and O–H groups in total. The zero-order chi connectivity index (χ0) is 28.7. The number of carbonyl (C=O) groups is 5. The Balaban J connectivity index is 5.61. The van der Waals surface area contributed by atoms with E-state index < -0.39 is 53.6 Å². The Morgan fingerprint density at radius 3 is 1.78 bits per heavy atom. The summed E-state index contributed by atoms with van der Waals surface area (Å²) in [5.41, 5.74) is 12.5. The van der Waals surface area contributed by atoms with Crippen molar-refractivity contribution in [2.45, 2.75) is 98.2 Å². The second-order valence-corrected chi connectivity index (χ2v) is 10.7. The van der Waals surface area contributed by atoms with Crippen molar-refractivity contribution in [3.05, 3.63) is 0 Å². The van der Waals surface area contributed by atoms with Crippen LogP contribution in [0.2, 0.25) is 0 Å². The molecular weight excluding hydrogens is 480 g/mol. The van der Waals surface area contributed by atoms with Crippen molar-refractivity contribution in [3.63, 3.8) is 0 Å². The number of hydroxylamine groups is 1. The van der Waals surface area contributed by atoms with Gasteiger partial charge in [-0.3, -0.25) is 29.2 Å². The van der Waals surface area contributed by atoms with E-state index in [0.717, 1.165) is 0 Å². The van der Waals surface area contributed by atoms with Crippen molar-refractivity contribution < 1.29 is 29.2 Å². The number of amides is 5. The summed E-state index contributed by atoms with van der Waals surface area (Å²) in [4.78, 5) is 62.8. The minimum Gasteiger partial charge on any atom is -0.368 e. The highest BCUT2D eigenvalue weighted by Crippen LogP contribution is 2.17. The maximum atomic E-state index is 13.2. The number of nitrogens with one attached hydrogen (secondary N) is 4. The van der Waals surface area contributed by atoms with Gasteiger partial charge in [-0.05, 0) is 56.4 Å². The lowest BCUT2D eigenvalue weighted by molar-refractivity contribution is -0.137. The van der Waals surface area contributed by atoms with E-state index in [2.05, 4.69) is 16.0 Å². The van der Waals surface area contributed by atoms with Crippen LogP contribution in [0, 0.1) is 23.7 Å². The molecule has 0 aromatic heterocycles. The molecule has 0 rings (SSSR count). The van der Waals surface area contributed by atoms with Gasteiger partial charge in [0, 0.05) is 12.3 Å². The van der Waals surface area contributed by atoms with Crippen molar-refractivity contribution in [1.29, 1.82) is 0 Å². The SMILES string of the molecule is CC(C)C[C@H](CC(=O)NO)C(=O)N[C@H](C(=O)N[C@@H](CC(C)C)C(=O)N[C@@H](CCCCN)C(N)=O)C(C)C. The van der Waals surface area contributed by atoms with E-state index in [9.17, 15) is 24.0 Å². The van der Waals surface area contributed by atoms with E-state index in [-0.39, 0.29) is 24.2 Å². The maximum Gasteiger partial charge on any atom is 0.244 e. The topological polar surface area (TPSA) is 206 Å². The molecule has 0 saturated heterocycles. The van der Waals surface area contributed by atoms with Gasteiger partial charge in [-0.25, -0.2) is 5.48 Å². The second kappa shape index (κ2) is 17.7. The Kier molecular flexibility index (Phi) is 16.4. The van der Waals surface area contributed by atoms with Crippen LogP contribution in [0.15, 0.2) is 0 Å². The Morgan fingerprint density at radius 2 is 1.32 bits per heavy atom. The van der Waals surface area contributed by atoms with Crippen molar-refractivity contribution in [2.75, 3.05) is 6.54 Å². The summed E-state index contributed by atoms with van der Waals surface area (Å²) >= 11 is 0. The van der Waals surface area contributed by atoms with Crippen LogP contribution in [-0.4, -0.2) is 59.4 Å². The number of unbranched alkanes of at least 4 members (excludes halogenated alkanes) is 1. The molecule has 0 saturated carbocycles. The molecule has 37 heavy (non-hydrogen) atoms. The number of primary amides is 1. The fraction of sp³-hybridized carbons (Fsp3) is 0.800. The van der Waals surface area contributed by atoms with Gasteiger partial charge in [-0.15, -0.1) is 0 Å². The van der Waals surface area contributed by atoms with Crippen molar-refractivity contribution >= 4 is 29.5 Å². The fourth-order valence-electron chi connectivity index (χ4n) is 3.94. The predicted octanol–water partition coefficient (Wildman–Crippen LogP) is 0.315. The highest BCUT2D eigenvalue weighted by molar-refractivity contribution is 5.94. The molecule has 5 amide bonds. The summed E-state index contributed by atoms with van der Waals surface area (Å²) in [5, 5.41) is 16.9. The average molecular weight is 529 g/mol. The number of nitrogens with two attached hydrogens (primary N) is 2. The summed E-state index contributed by atoms with van der Waals surface area (Å²) in [7, 11) is 0. The summed E-state index contributed by atoms with van der Waals surface area (Å²) in [6.45, 7) is 11.5. The molecule has 0 aromatic carbocycles. The van der Waals surface area contributed by atoms with Gasteiger partial charge in [0.1, 0.15) is 18.1 Å². The third-order valence-corrected chi connectivity index (χ3v) is 5.88. The third kappa shape index (κ3) is 14.0. The fourth-order valence-corrected chi connectivity index (χ4v) is 3.94. The maximum absolute atomic E-state index is 13.2. The third-order valence-electron chi connectivity index (χ3n) is 5.88. The average Bonchev–Trinajstić information content (AvgIpc) is 2.79. The monoisotopic (exact) mass is 528 g/mol. The van der Waals surface area contributed by atoms with Crippen LogP contribution in [0.4, 0.5) is 0 Å². The number of carbonyl (C=O) groups excluding carboxylic acids is 5. The molecule has 0 fully saturated rings. The first-order valence-corrected chi connectivity index (χ1v) is 13.1. The highest BCUT2D eigenvalue weighted by atomic mass is 16.5. The standard InChI is InChI=1S/C25H48N6O6/c1-14(2)11-17(13-20(32)31-37)23(34)30-21(16(5)6)25(36)29-19(12-15(3)4)24(35)28-18(22(27)33)9-7-8-10-26/h14-19,21,37H,7-13,26H2,1-6H3,(H2,27,33)(H,28,35)(H,29,36)(H,30,34)(H,31,32)/t17-,18+,19+,21+/m1/s1. The van der Waals surface area contributed by atoms with Crippen LogP contribution in [0.5, 0.6) is 0 Å². The Morgan fingerprint density at radius 1 is 0.757 bits per heavy atom. The molecular formula is C25H48N6O6. The first-order valence-electron chi connectivity index (χ1n) is 13.1. The molecule has 4 atom stereocenters. The molecule has 12 heteroatoms. The number of rotatable bonds is 18. The zero-order valence-corrected chi connectivity index (χ0v) is 23.1. The summed E-state index contributed by atoms with van der Waals surface area (Å²) in [5.74, 6) is -3.90. The van der Waals surface area contributed by atoms with Gasteiger partial charge in [-0.1, -0.05) is 41.5 Å². The lowest BCUT2D eigenvalue weighted by Gasteiger charge is -2.28. The highest BCUT2D eigenvalue weighted by Gasteiger charge is 2.33. The van der Waals surface area contributed by atoms with E-state index in [0.29, 0.717) is 38.6 Å². The van der Waals surface area contributed by atoms with Crippen LogP contribution in [-0.2, 0) is 24.0 Å². The van der Waals surface area contributed by atoms with Crippen molar-refractivity contribution in [3.8, 4) is 0 Å². The van der Waals surface area contributed by atoms with E-state index in [4.69, 9.17) is 16.7 Å². The minimum absolute atomic E-state index is 0.0415. The molecule has 214 valence electrons. The lowest BCUT2D eigenvalue weighted by Crippen LogP contribution is -2.58. The lowest BCUT2D eigenvalue weighted by atomic mass is 9.92. The summed E-state index contributed by atoms with van der Waals surface area (Å²) in [6.07, 6.45) is 2.08. The van der Waals surface area contributed by atoms with Crippen LogP contribution in [0.1, 0.15) is 80.1 Å². The molecule has 0 radical (unpaired) electrons. The molecule has 0 heterocycles. The Labute approximate surface area is 220 Å². The van der Waals surface area contributed by atoms with E-state index in [1.165, 1.54) is 5.48 Å². The number of hydrogen-bond acceptors (Lipinski definition) is 7. The first kappa shape index (κ1) is 34.3. The van der Waals surface area contributed by atoms with E-state index >= 15 is 0 Å². The van der Waals surface area contributed by atoms with Gasteiger partial charge in [0.15, 0.2) is 0 Å². The predicted molar refractivity (Wildman–Crippen MR) is 140 cm³/mol. The van der Waals surface area contributed by atoms with Crippen LogP contribution in [0.25, 0.3) is 0 Å². The Bertz CT molecular complexity index is 758. The van der Waals surface area contributed by atoms with E-state index in [1.807, 2.05) is 27.7 Å². The van der Waals surface area contributed by atoms with Gasteiger partial charge in [0.2, 0.25) is 29.5 Å². The first-order chi connectivity index (χ1) is 17.2. The normalized spacial score (nSPS) is 14.6. The van der Waals surface area contributed by atoms with Crippen molar-refractivity contribution in [2.24, 2.45) is 35.1 Å². The van der Waals surface area contributed by atoms with Crippen molar-refractivity contribution in [1.82, 2.24) is 21.4 Å².